The van der Waals surface area contributed by atoms with Crippen molar-refractivity contribution in [3.8, 4) is 0 Å². The molecule has 0 radical (unpaired) electrons. The fraction of sp³-hybridized carbons (Fsp3) is 0.308. The molecule has 1 aromatic carbocycles. The average molecular weight is 320 g/mol. The molecule has 0 bridgehead atoms. The van der Waals surface area contributed by atoms with Gasteiger partial charge in [-0.2, -0.15) is 0 Å². The summed E-state index contributed by atoms with van der Waals surface area (Å²) in [4.78, 5) is 33.6. The van der Waals surface area contributed by atoms with E-state index in [1.807, 2.05) is 0 Å². The SMILES string of the molecule is Cc1noc(=O)n1CCCn1c(=O)oc2ccc([N+](=O)[O-])cc21. The number of nitrogens with zero attached hydrogens (tertiary/aromatic N) is 4. The summed E-state index contributed by atoms with van der Waals surface area (Å²) in [5.41, 5.74) is 0.496. The maximum Gasteiger partial charge on any atom is 0.441 e. The largest absolute Gasteiger partial charge is 0.441 e. The van der Waals surface area contributed by atoms with Gasteiger partial charge in [0.05, 0.1) is 10.4 Å². The van der Waals surface area contributed by atoms with Gasteiger partial charge in [-0.25, -0.2) is 9.59 Å². The van der Waals surface area contributed by atoms with E-state index in [0.29, 0.717) is 24.3 Å². The highest BCUT2D eigenvalue weighted by Gasteiger charge is 2.14. The molecule has 0 atom stereocenters. The molecule has 0 aliphatic carbocycles. The van der Waals surface area contributed by atoms with Gasteiger partial charge in [0.1, 0.15) is 0 Å². The van der Waals surface area contributed by atoms with Crippen LogP contribution in [0, 0.1) is 17.0 Å². The maximum absolute atomic E-state index is 11.9. The van der Waals surface area contributed by atoms with Crippen molar-refractivity contribution >= 4 is 16.8 Å². The van der Waals surface area contributed by atoms with E-state index in [1.54, 1.807) is 6.92 Å². The topological polar surface area (TPSA) is 126 Å². The monoisotopic (exact) mass is 320 g/mol. The smallest absolute Gasteiger partial charge is 0.408 e. The van der Waals surface area contributed by atoms with Gasteiger partial charge in [0.2, 0.25) is 0 Å². The fourth-order valence-corrected chi connectivity index (χ4v) is 2.35. The Kier molecular flexibility index (Phi) is 3.56. The zero-order valence-electron chi connectivity index (χ0n) is 12.1. The minimum absolute atomic E-state index is 0.127. The number of benzene rings is 1. The minimum atomic E-state index is -0.602. The second-order valence-corrected chi connectivity index (χ2v) is 4.93. The Morgan fingerprint density at radius 3 is 2.61 bits per heavy atom. The van der Waals surface area contributed by atoms with E-state index in [1.165, 1.54) is 27.3 Å². The number of aromatic nitrogens is 3. The van der Waals surface area contributed by atoms with E-state index in [9.17, 15) is 19.7 Å². The molecule has 3 aromatic rings. The molecule has 23 heavy (non-hydrogen) atoms. The molecule has 2 heterocycles. The van der Waals surface area contributed by atoms with Gasteiger partial charge in [-0.1, -0.05) is 5.16 Å². The summed E-state index contributed by atoms with van der Waals surface area (Å²) in [6.45, 7) is 2.18. The number of nitro groups is 1. The lowest BCUT2D eigenvalue weighted by Crippen LogP contribution is -2.19. The molecule has 0 aliphatic heterocycles. The summed E-state index contributed by atoms with van der Waals surface area (Å²) in [5, 5.41) is 14.4. The number of hydrogen-bond donors (Lipinski definition) is 0. The number of rotatable bonds is 5. The van der Waals surface area contributed by atoms with Crippen molar-refractivity contribution in [1.82, 2.24) is 14.3 Å². The molecule has 0 spiro atoms. The number of non-ortho nitro benzene ring substituents is 1. The second-order valence-electron chi connectivity index (χ2n) is 4.93. The number of hydrogen-bond acceptors (Lipinski definition) is 7. The Hall–Kier alpha value is -3.17. The Morgan fingerprint density at radius 1 is 1.22 bits per heavy atom. The molecule has 0 unspecified atom stereocenters. The molecular weight excluding hydrogens is 308 g/mol. The van der Waals surface area contributed by atoms with E-state index in [-0.39, 0.29) is 17.8 Å². The van der Waals surface area contributed by atoms with Crippen LogP contribution in [0.1, 0.15) is 12.2 Å². The normalized spacial score (nSPS) is 11.2. The molecule has 3 rings (SSSR count). The van der Waals surface area contributed by atoms with E-state index in [0.717, 1.165) is 0 Å². The lowest BCUT2D eigenvalue weighted by atomic mass is 10.3. The lowest BCUT2D eigenvalue weighted by molar-refractivity contribution is -0.384. The van der Waals surface area contributed by atoms with Crippen molar-refractivity contribution in [2.45, 2.75) is 26.4 Å². The summed E-state index contributed by atoms with van der Waals surface area (Å²) in [6.07, 6.45) is 0.430. The van der Waals surface area contributed by atoms with Crippen LogP contribution in [0.2, 0.25) is 0 Å². The summed E-state index contributed by atoms with van der Waals surface area (Å²) in [5.74, 6) is -0.729. The predicted octanol–water partition coefficient (Wildman–Crippen LogP) is 1.05. The highest BCUT2D eigenvalue weighted by molar-refractivity contribution is 5.75. The number of fused-ring (bicyclic) bond motifs is 1. The maximum atomic E-state index is 11.9. The van der Waals surface area contributed by atoms with Gasteiger partial charge in [-0.05, 0) is 19.4 Å². The standard InChI is InChI=1S/C13H12N4O6/c1-8-14-23-13(19)15(8)5-2-6-16-10-7-9(17(20)21)3-4-11(10)22-12(16)18/h3-4,7H,2,5-6H2,1H3. The van der Waals surface area contributed by atoms with Gasteiger partial charge < -0.3 is 4.42 Å². The first kappa shape index (κ1) is 14.8. The van der Waals surface area contributed by atoms with E-state index >= 15 is 0 Å². The van der Waals surface area contributed by atoms with Crippen LogP contribution in [-0.2, 0) is 13.1 Å². The molecule has 0 saturated heterocycles. The Balaban J connectivity index is 1.86. The molecule has 0 amide bonds. The molecule has 120 valence electrons. The van der Waals surface area contributed by atoms with Gasteiger partial charge in [0.15, 0.2) is 11.4 Å². The van der Waals surface area contributed by atoms with Crippen LogP contribution in [0.15, 0.2) is 36.7 Å². The summed E-state index contributed by atoms with van der Waals surface area (Å²) in [7, 11) is 0. The zero-order chi connectivity index (χ0) is 16.6. The lowest BCUT2D eigenvalue weighted by Gasteiger charge is -2.03. The van der Waals surface area contributed by atoms with Gasteiger partial charge in [0.25, 0.3) is 5.69 Å². The first-order valence-corrected chi connectivity index (χ1v) is 6.78. The average Bonchev–Trinajstić information content (AvgIpc) is 3.00. The van der Waals surface area contributed by atoms with E-state index < -0.39 is 16.4 Å². The van der Waals surface area contributed by atoms with Crippen molar-refractivity contribution in [2.75, 3.05) is 0 Å². The molecule has 2 aromatic heterocycles. The molecule has 0 saturated carbocycles. The fourth-order valence-electron chi connectivity index (χ4n) is 2.35. The Morgan fingerprint density at radius 2 is 1.96 bits per heavy atom. The van der Waals surface area contributed by atoms with Crippen LogP contribution in [0.4, 0.5) is 5.69 Å². The number of nitro benzene ring substituents is 1. The van der Waals surface area contributed by atoms with E-state index in [2.05, 4.69) is 9.68 Å². The van der Waals surface area contributed by atoms with Gasteiger partial charge in [-0.15, -0.1) is 0 Å². The molecular formula is C13H12N4O6. The number of aryl methyl sites for hydroxylation is 2. The van der Waals surface area contributed by atoms with Crippen molar-refractivity contribution in [2.24, 2.45) is 0 Å². The quantitative estimate of drug-likeness (QED) is 0.508. The van der Waals surface area contributed by atoms with Crippen molar-refractivity contribution in [1.29, 1.82) is 0 Å². The minimum Gasteiger partial charge on any atom is -0.408 e. The molecule has 10 nitrogen and oxygen atoms in total. The Labute approximate surface area is 127 Å². The summed E-state index contributed by atoms with van der Waals surface area (Å²) in [6, 6.07) is 3.95. The van der Waals surface area contributed by atoms with Crippen LogP contribution in [0.5, 0.6) is 0 Å². The van der Waals surface area contributed by atoms with Crippen molar-refractivity contribution < 1.29 is 13.9 Å². The molecule has 0 fully saturated rings. The van der Waals surface area contributed by atoms with Crippen LogP contribution in [-0.4, -0.2) is 19.2 Å². The third-order valence-corrected chi connectivity index (χ3v) is 3.49. The van der Waals surface area contributed by atoms with Crippen molar-refractivity contribution in [3.63, 3.8) is 0 Å². The van der Waals surface area contributed by atoms with E-state index in [4.69, 9.17) is 4.42 Å². The number of oxazole rings is 1. The van der Waals surface area contributed by atoms with Crippen LogP contribution in [0.3, 0.4) is 0 Å². The first-order chi connectivity index (χ1) is 11.0. The molecule has 0 aliphatic rings. The highest BCUT2D eigenvalue weighted by Crippen LogP contribution is 2.20. The molecule has 0 N–H and O–H groups in total. The van der Waals surface area contributed by atoms with Crippen LogP contribution >= 0.6 is 0 Å². The van der Waals surface area contributed by atoms with Crippen LogP contribution in [0.25, 0.3) is 11.1 Å². The Bertz CT molecular complexity index is 992. The van der Waals surface area contributed by atoms with Crippen LogP contribution < -0.4 is 11.5 Å². The molecule has 10 heteroatoms. The van der Waals surface area contributed by atoms with Gasteiger partial charge >= 0.3 is 11.5 Å². The van der Waals surface area contributed by atoms with Gasteiger partial charge in [0, 0.05) is 25.2 Å². The summed E-state index contributed by atoms with van der Waals surface area (Å²) < 4.78 is 12.2. The summed E-state index contributed by atoms with van der Waals surface area (Å²) >= 11 is 0. The third kappa shape index (κ3) is 2.65. The third-order valence-electron chi connectivity index (χ3n) is 3.49. The highest BCUT2D eigenvalue weighted by atomic mass is 16.6. The first-order valence-electron chi connectivity index (χ1n) is 6.78. The predicted molar refractivity (Wildman–Crippen MR) is 77.2 cm³/mol. The zero-order valence-corrected chi connectivity index (χ0v) is 12.1. The second kappa shape index (κ2) is 5.55. The van der Waals surface area contributed by atoms with Crippen molar-refractivity contribution in [3.05, 3.63) is 55.2 Å². The van der Waals surface area contributed by atoms with Gasteiger partial charge in [-0.3, -0.25) is 23.8 Å².